The molecule has 1 aliphatic rings. The van der Waals surface area contributed by atoms with Gasteiger partial charge in [-0.3, -0.25) is 0 Å². The van der Waals surface area contributed by atoms with Crippen LogP contribution in [0.2, 0.25) is 0 Å². The van der Waals surface area contributed by atoms with Crippen LogP contribution >= 0.6 is 0 Å². The highest BCUT2D eigenvalue weighted by molar-refractivity contribution is 5.46. The van der Waals surface area contributed by atoms with Crippen LogP contribution in [-0.4, -0.2) is 14.8 Å². The van der Waals surface area contributed by atoms with E-state index in [-0.39, 0.29) is 5.41 Å². The minimum absolute atomic E-state index is 0.257. The van der Waals surface area contributed by atoms with Crippen LogP contribution in [0.1, 0.15) is 61.8 Å². The lowest BCUT2D eigenvalue weighted by Crippen LogP contribution is -2.33. The molecule has 3 aromatic rings. The number of aryl methyl sites for hydroxylation is 1. The maximum atomic E-state index is 4.79. The van der Waals surface area contributed by atoms with E-state index in [2.05, 4.69) is 77.3 Å². The summed E-state index contributed by atoms with van der Waals surface area (Å²) < 4.78 is 2.42. The van der Waals surface area contributed by atoms with Gasteiger partial charge < -0.3 is 4.57 Å². The fourth-order valence-electron chi connectivity index (χ4n) is 4.41. The van der Waals surface area contributed by atoms with Gasteiger partial charge in [-0.25, -0.2) is 0 Å². The van der Waals surface area contributed by atoms with Crippen molar-refractivity contribution in [3.63, 3.8) is 0 Å². The molecular formula is C23H27N3. The van der Waals surface area contributed by atoms with Crippen molar-refractivity contribution in [3.8, 4) is 0 Å². The topological polar surface area (TPSA) is 30.7 Å². The Morgan fingerprint density at radius 1 is 0.808 bits per heavy atom. The summed E-state index contributed by atoms with van der Waals surface area (Å²) in [5, 5.41) is 9.43. The highest BCUT2D eigenvalue weighted by Gasteiger charge is 2.39. The van der Waals surface area contributed by atoms with Crippen molar-refractivity contribution in [2.75, 3.05) is 0 Å². The third-order valence-electron chi connectivity index (χ3n) is 5.80. The maximum Gasteiger partial charge on any atom is 0.148 e. The Morgan fingerprint density at radius 3 is 2.04 bits per heavy atom. The molecule has 0 bridgehead atoms. The van der Waals surface area contributed by atoms with E-state index in [4.69, 9.17) is 5.10 Å². The Bertz CT molecular complexity index is 797. The molecule has 134 valence electrons. The zero-order chi connectivity index (χ0) is 17.8. The van der Waals surface area contributed by atoms with Gasteiger partial charge in [-0.15, -0.1) is 10.2 Å². The molecule has 2 heterocycles. The molecule has 0 aliphatic carbocycles. The number of hydrogen-bond donors (Lipinski definition) is 0. The van der Waals surface area contributed by atoms with E-state index in [0.29, 0.717) is 0 Å². The zero-order valence-electron chi connectivity index (χ0n) is 15.6. The second-order valence-electron chi connectivity index (χ2n) is 7.25. The SMILES string of the molecule is CCC(c1ccccc1)(c1ccccc1)c1nnc2n1CCCCCC2. The quantitative estimate of drug-likeness (QED) is 0.655. The number of benzene rings is 2. The van der Waals surface area contributed by atoms with E-state index in [0.717, 1.165) is 31.0 Å². The van der Waals surface area contributed by atoms with Crippen LogP contribution < -0.4 is 0 Å². The Morgan fingerprint density at radius 2 is 1.42 bits per heavy atom. The van der Waals surface area contributed by atoms with Gasteiger partial charge >= 0.3 is 0 Å². The lowest BCUT2D eigenvalue weighted by atomic mass is 9.71. The van der Waals surface area contributed by atoms with Crippen LogP contribution in [0.4, 0.5) is 0 Å². The molecule has 0 spiro atoms. The average molecular weight is 345 g/mol. The molecule has 3 heteroatoms. The van der Waals surface area contributed by atoms with Crippen LogP contribution in [0, 0.1) is 0 Å². The minimum atomic E-state index is -0.257. The summed E-state index contributed by atoms with van der Waals surface area (Å²) in [6.45, 7) is 3.30. The van der Waals surface area contributed by atoms with Crippen LogP contribution in [0.3, 0.4) is 0 Å². The van der Waals surface area contributed by atoms with Gasteiger partial charge in [-0.2, -0.15) is 0 Å². The van der Waals surface area contributed by atoms with Crippen LogP contribution in [0.25, 0.3) is 0 Å². The first-order chi connectivity index (χ1) is 12.9. The molecule has 26 heavy (non-hydrogen) atoms. The Labute approximate surface area is 156 Å². The van der Waals surface area contributed by atoms with E-state index in [9.17, 15) is 0 Å². The average Bonchev–Trinajstić information content (AvgIpc) is 3.06. The summed E-state index contributed by atoms with van der Waals surface area (Å²) in [5.41, 5.74) is 2.34. The molecule has 0 N–H and O–H groups in total. The van der Waals surface area contributed by atoms with Crippen LogP contribution in [0.5, 0.6) is 0 Å². The van der Waals surface area contributed by atoms with Crippen molar-refractivity contribution in [1.82, 2.24) is 14.8 Å². The largest absolute Gasteiger partial charge is 0.314 e. The van der Waals surface area contributed by atoms with E-state index >= 15 is 0 Å². The van der Waals surface area contributed by atoms with Crippen molar-refractivity contribution < 1.29 is 0 Å². The monoisotopic (exact) mass is 345 g/mol. The molecule has 0 unspecified atom stereocenters. The van der Waals surface area contributed by atoms with E-state index in [1.165, 1.54) is 36.8 Å². The molecule has 0 saturated carbocycles. The molecule has 1 aromatic heterocycles. The highest BCUT2D eigenvalue weighted by atomic mass is 15.3. The molecule has 0 radical (unpaired) electrons. The summed E-state index contributed by atoms with van der Waals surface area (Å²) in [4.78, 5) is 0. The van der Waals surface area contributed by atoms with E-state index in [1.54, 1.807) is 0 Å². The summed E-state index contributed by atoms with van der Waals surface area (Å²) in [7, 11) is 0. The van der Waals surface area contributed by atoms with Gasteiger partial charge in [-0.1, -0.05) is 80.4 Å². The first-order valence-electron chi connectivity index (χ1n) is 9.90. The smallest absolute Gasteiger partial charge is 0.148 e. The predicted octanol–water partition coefficient (Wildman–Crippen LogP) is 5.14. The van der Waals surface area contributed by atoms with Crippen molar-refractivity contribution in [1.29, 1.82) is 0 Å². The van der Waals surface area contributed by atoms with Gasteiger partial charge in [0.2, 0.25) is 0 Å². The van der Waals surface area contributed by atoms with E-state index in [1.807, 2.05) is 0 Å². The molecule has 0 saturated heterocycles. The first-order valence-corrected chi connectivity index (χ1v) is 9.90. The summed E-state index contributed by atoms with van der Waals surface area (Å²) >= 11 is 0. The lowest BCUT2D eigenvalue weighted by Gasteiger charge is -2.34. The molecule has 3 nitrogen and oxygen atoms in total. The van der Waals surface area contributed by atoms with Gasteiger partial charge in [0.15, 0.2) is 0 Å². The second kappa shape index (κ2) is 7.45. The number of fused-ring (bicyclic) bond motifs is 1. The molecule has 0 fully saturated rings. The summed E-state index contributed by atoms with van der Waals surface area (Å²) in [5.74, 6) is 2.26. The fourth-order valence-corrected chi connectivity index (χ4v) is 4.41. The Balaban J connectivity index is 1.95. The Kier molecular flexibility index (Phi) is 4.87. The number of aromatic nitrogens is 3. The van der Waals surface area contributed by atoms with Crippen molar-refractivity contribution in [2.45, 2.75) is 57.4 Å². The van der Waals surface area contributed by atoms with Gasteiger partial charge in [0.1, 0.15) is 11.6 Å². The number of rotatable bonds is 4. The molecule has 1 aliphatic heterocycles. The molecule has 0 atom stereocenters. The third kappa shape index (κ3) is 2.86. The normalized spacial score (nSPS) is 15.1. The summed E-state index contributed by atoms with van der Waals surface area (Å²) in [6, 6.07) is 21.7. The predicted molar refractivity (Wildman–Crippen MR) is 105 cm³/mol. The Hall–Kier alpha value is -2.42. The third-order valence-corrected chi connectivity index (χ3v) is 5.80. The van der Waals surface area contributed by atoms with Gasteiger partial charge in [0.05, 0.1) is 5.41 Å². The van der Waals surface area contributed by atoms with Crippen LogP contribution in [0.15, 0.2) is 60.7 Å². The fraction of sp³-hybridized carbons (Fsp3) is 0.391. The minimum Gasteiger partial charge on any atom is -0.314 e. The molecule has 2 aromatic carbocycles. The van der Waals surface area contributed by atoms with Crippen molar-refractivity contribution in [3.05, 3.63) is 83.4 Å². The molecule has 4 rings (SSSR count). The number of nitrogens with zero attached hydrogens (tertiary/aromatic N) is 3. The van der Waals surface area contributed by atoms with Gasteiger partial charge in [0.25, 0.3) is 0 Å². The first kappa shape index (κ1) is 17.0. The lowest BCUT2D eigenvalue weighted by molar-refractivity contribution is 0.462. The van der Waals surface area contributed by atoms with Crippen molar-refractivity contribution in [2.24, 2.45) is 0 Å². The second-order valence-corrected chi connectivity index (χ2v) is 7.25. The highest BCUT2D eigenvalue weighted by Crippen LogP contribution is 2.41. The standard InChI is InChI=1S/C23H27N3/c1-2-23(19-13-7-5-8-14-19,20-15-9-6-10-16-20)22-25-24-21-17-11-3-4-12-18-26(21)22/h5-10,13-16H,2-4,11-12,17-18H2,1H3. The van der Waals surface area contributed by atoms with Gasteiger partial charge in [-0.05, 0) is 30.4 Å². The molecule has 0 amide bonds. The van der Waals surface area contributed by atoms with Crippen molar-refractivity contribution >= 4 is 0 Å². The summed E-state index contributed by atoms with van der Waals surface area (Å²) in [6.07, 6.45) is 7.02. The zero-order valence-corrected chi connectivity index (χ0v) is 15.6. The van der Waals surface area contributed by atoms with Crippen LogP contribution in [-0.2, 0) is 18.4 Å². The number of hydrogen-bond acceptors (Lipinski definition) is 2. The van der Waals surface area contributed by atoms with E-state index < -0.39 is 0 Å². The maximum absolute atomic E-state index is 4.79. The van der Waals surface area contributed by atoms with Gasteiger partial charge in [0, 0.05) is 13.0 Å². The molecular weight excluding hydrogens is 318 g/mol.